The maximum atomic E-state index is 13.1. The van der Waals surface area contributed by atoms with Gasteiger partial charge in [0.15, 0.2) is 0 Å². The summed E-state index contributed by atoms with van der Waals surface area (Å²) in [6, 6.07) is 10.8. The summed E-state index contributed by atoms with van der Waals surface area (Å²) in [7, 11) is 0. The van der Waals surface area contributed by atoms with Gasteiger partial charge >= 0.3 is 0 Å². The average Bonchev–Trinajstić information content (AvgIpc) is 3.33. The molecule has 7 heteroatoms. The van der Waals surface area contributed by atoms with Crippen LogP contribution in [0, 0.1) is 5.82 Å². The van der Waals surface area contributed by atoms with Crippen molar-refractivity contribution in [3.8, 4) is 0 Å². The Morgan fingerprint density at radius 1 is 1.13 bits per heavy atom. The minimum absolute atomic E-state index is 0.0928. The van der Waals surface area contributed by atoms with Gasteiger partial charge in [0.2, 0.25) is 11.8 Å². The minimum Gasteiger partial charge on any atom is -0.350 e. The van der Waals surface area contributed by atoms with Gasteiger partial charge in [0.05, 0.1) is 0 Å². The number of rotatable bonds is 7. The molecule has 1 aromatic carbocycles. The van der Waals surface area contributed by atoms with Crippen LogP contribution in [0.3, 0.4) is 0 Å². The van der Waals surface area contributed by atoms with E-state index in [2.05, 4.69) is 21.7 Å². The third-order valence-corrected chi connectivity index (χ3v) is 7.28. The largest absolute Gasteiger partial charge is 0.350 e. The highest BCUT2D eigenvalue weighted by molar-refractivity contribution is 7.09. The van der Waals surface area contributed by atoms with Crippen LogP contribution in [0.5, 0.6) is 0 Å². The van der Waals surface area contributed by atoms with Gasteiger partial charge in [0, 0.05) is 62.4 Å². The lowest BCUT2D eigenvalue weighted by Crippen LogP contribution is -2.45. The van der Waals surface area contributed by atoms with Crippen LogP contribution in [-0.4, -0.2) is 53.3 Å². The molecule has 166 valence electrons. The monoisotopic (exact) mass is 443 g/mol. The quantitative estimate of drug-likeness (QED) is 0.712. The summed E-state index contributed by atoms with van der Waals surface area (Å²) in [5.74, 6) is 0.0530. The van der Waals surface area contributed by atoms with E-state index in [1.54, 1.807) is 11.3 Å². The highest BCUT2D eigenvalue weighted by atomic mass is 32.1. The molecule has 1 aromatic heterocycles. The van der Waals surface area contributed by atoms with E-state index in [-0.39, 0.29) is 23.2 Å². The van der Waals surface area contributed by atoms with Crippen LogP contribution in [0.4, 0.5) is 4.39 Å². The normalized spacial score (nSPS) is 22.4. The van der Waals surface area contributed by atoms with E-state index in [1.165, 1.54) is 17.0 Å². The summed E-state index contributed by atoms with van der Waals surface area (Å²) < 4.78 is 13.1. The Morgan fingerprint density at radius 2 is 1.97 bits per heavy atom. The molecule has 2 saturated heterocycles. The van der Waals surface area contributed by atoms with Gasteiger partial charge in [0.1, 0.15) is 5.82 Å². The first-order valence-electron chi connectivity index (χ1n) is 11.1. The summed E-state index contributed by atoms with van der Waals surface area (Å²) in [5.41, 5.74) is 0.798. The SMILES string of the molecule is O=C1CC[C@](CCC(=O)N2CCCN(Cc3ccc(F)cc3)CC2)(Cc2cccs2)N1. The van der Waals surface area contributed by atoms with Crippen molar-refractivity contribution in [3.63, 3.8) is 0 Å². The van der Waals surface area contributed by atoms with Crippen molar-refractivity contribution in [1.82, 2.24) is 15.1 Å². The molecule has 0 bridgehead atoms. The summed E-state index contributed by atoms with van der Waals surface area (Å²) in [6.07, 6.45) is 4.22. The summed E-state index contributed by atoms with van der Waals surface area (Å²) in [6.45, 7) is 4.01. The second kappa shape index (κ2) is 9.92. The standard InChI is InChI=1S/C24H30FN3O2S/c25-20-6-4-19(5-7-20)18-27-12-2-13-28(15-14-27)23(30)9-11-24(10-8-22(29)26-24)17-21-3-1-16-31-21/h1,3-7,16H,2,8-15,17-18H2,(H,26,29)/t24-/m0/s1. The molecule has 2 aliphatic rings. The fourth-order valence-electron chi connectivity index (χ4n) is 4.66. The number of carbonyl (C=O) groups is 2. The number of nitrogens with one attached hydrogen (secondary N) is 1. The maximum Gasteiger partial charge on any atom is 0.222 e. The molecule has 0 radical (unpaired) electrons. The van der Waals surface area contributed by atoms with Crippen molar-refractivity contribution in [2.75, 3.05) is 26.2 Å². The highest BCUT2D eigenvalue weighted by Crippen LogP contribution is 2.31. The molecule has 2 aliphatic heterocycles. The van der Waals surface area contributed by atoms with Crippen molar-refractivity contribution in [2.24, 2.45) is 0 Å². The average molecular weight is 444 g/mol. The molecule has 4 rings (SSSR count). The van der Waals surface area contributed by atoms with Gasteiger partial charge in [-0.1, -0.05) is 18.2 Å². The highest BCUT2D eigenvalue weighted by Gasteiger charge is 2.38. The molecule has 0 aliphatic carbocycles. The fraction of sp³-hybridized carbons (Fsp3) is 0.500. The number of halogens is 1. The van der Waals surface area contributed by atoms with Gasteiger partial charge in [0.25, 0.3) is 0 Å². The van der Waals surface area contributed by atoms with Crippen LogP contribution in [0.25, 0.3) is 0 Å². The second-order valence-electron chi connectivity index (χ2n) is 8.72. The Hall–Kier alpha value is -2.25. The lowest BCUT2D eigenvalue weighted by molar-refractivity contribution is -0.131. The Balaban J connectivity index is 1.29. The van der Waals surface area contributed by atoms with Crippen molar-refractivity contribution in [2.45, 2.75) is 50.6 Å². The molecule has 2 amide bonds. The number of nitrogens with zero attached hydrogens (tertiary/aromatic N) is 2. The van der Waals surface area contributed by atoms with E-state index >= 15 is 0 Å². The van der Waals surface area contributed by atoms with Gasteiger partial charge < -0.3 is 10.2 Å². The van der Waals surface area contributed by atoms with Crippen LogP contribution in [-0.2, 0) is 22.6 Å². The lowest BCUT2D eigenvalue weighted by Gasteiger charge is -2.30. The van der Waals surface area contributed by atoms with Gasteiger partial charge in [-0.05, 0) is 48.4 Å². The zero-order valence-corrected chi connectivity index (χ0v) is 18.6. The molecule has 1 N–H and O–H groups in total. The molecule has 2 aromatic rings. The molecule has 5 nitrogen and oxygen atoms in total. The van der Waals surface area contributed by atoms with Crippen molar-refractivity contribution >= 4 is 23.2 Å². The summed E-state index contributed by atoms with van der Waals surface area (Å²) in [4.78, 5) is 30.5. The molecule has 31 heavy (non-hydrogen) atoms. The van der Waals surface area contributed by atoms with Crippen LogP contribution >= 0.6 is 11.3 Å². The van der Waals surface area contributed by atoms with Gasteiger partial charge in [-0.15, -0.1) is 11.3 Å². The Labute approximate surface area is 187 Å². The Morgan fingerprint density at radius 3 is 2.68 bits per heavy atom. The van der Waals surface area contributed by atoms with Crippen LogP contribution in [0.1, 0.15) is 42.5 Å². The Bertz CT molecular complexity index is 887. The molecule has 0 saturated carbocycles. The molecule has 0 unspecified atom stereocenters. The van der Waals surface area contributed by atoms with Crippen LogP contribution in [0.2, 0.25) is 0 Å². The predicted molar refractivity (Wildman–Crippen MR) is 120 cm³/mol. The van der Waals surface area contributed by atoms with E-state index in [0.29, 0.717) is 25.8 Å². The molecular formula is C24H30FN3O2S. The number of hydrogen-bond donors (Lipinski definition) is 1. The number of benzene rings is 1. The van der Waals surface area contributed by atoms with E-state index in [9.17, 15) is 14.0 Å². The third kappa shape index (κ3) is 5.92. The van der Waals surface area contributed by atoms with E-state index in [0.717, 1.165) is 51.0 Å². The number of amides is 2. The second-order valence-corrected chi connectivity index (χ2v) is 9.75. The number of carbonyl (C=O) groups excluding carboxylic acids is 2. The van der Waals surface area contributed by atoms with E-state index in [1.807, 2.05) is 23.1 Å². The minimum atomic E-state index is -0.294. The smallest absolute Gasteiger partial charge is 0.222 e. The lowest BCUT2D eigenvalue weighted by atomic mass is 9.87. The zero-order valence-electron chi connectivity index (χ0n) is 17.8. The van der Waals surface area contributed by atoms with Crippen molar-refractivity contribution in [3.05, 3.63) is 58.0 Å². The van der Waals surface area contributed by atoms with E-state index in [4.69, 9.17) is 0 Å². The Kier molecular flexibility index (Phi) is 7.02. The maximum absolute atomic E-state index is 13.1. The zero-order chi connectivity index (χ0) is 21.7. The molecule has 3 heterocycles. The molecule has 2 fully saturated rings. The number of hydrogen-bond acceptors (Lipinski definition) is 4. The van der Waals surface area contributed by atoms with Crippen molar-refractivity contribution in [1.29, 1.82) is 0 Å². The van der Waals surface area contributed by atoms with Gasteiger partial charge in [-0.25, -0.2) is 4.39 Å². The number of thiophene rings is 1. The first-order valence-corrected chi connectivity index (χ1v) is 12.0. The topological polar surface area (TPSA) is 52.7 Å². The fourth-order valence-corrected chi connectivity index (χ4v) is 5.51. The molecule has 1 atom stereocenters. The summed E-state index contributed by atoms with van der Waals surface area (Å²) in [5, 5.41) is 5.23. The van der Waals surface area contributed by atoms with Gasteiger partial charge in [-0.3, -0.25) is 14.5 Å². The molecular weight excluding hydrogens is 413 g/mol. The van der Waals surface area contributed by atoms with E-state index < -0.39 is 0 Å². The summed E-state index contributed by atoms with van der Waals surface area (Å²) >= 11 is 1.70. The van der Waals surface area contributed by atoms with Crippen molar-refractivity contribution < 1.29 is 14.0 Å². The molecule has 0 spiro atoms. The van der Waals surface area contributed by atoms with Crippen LogP contribution < -0.4 is 5.32 Å². The first kappa shape index (κ1) is 22.0. The predicted octanol–water partition coefficient (Wildman–Crippen LogP) is 3.59. The first-order chi connectivity index (χ1) is 15.0. The third-order valence-electron chi connectivity index (χ3n) is 6.41. The van der Waals surface area contributed by atoms with Crippen LogP contribution in [0.15, 0.2) is 41.8 Å². The van der Waals surface area contributed by atoms with Gasteiger partial charge in [-0.2, -0.15) is 0 Å².